The van der Waals surface area contributed by atoms with Gasteiger partial charge in [-0.2, -0.15) is 0 Å². The van der Waals surface area contributed by atoms with Crippen molar-refractivity contribution in [1.29, 1.82) is 0 Å². The van der Waals surface area contributed by atoms with Gasteiger partial charge < -0.3 is 15.1 Å². The highest BCUT2D eigenvalue weighted by Crippen LogP contribution is 2.32. The van der Waals surface area contributed by atoms with Crippen molar-refractivity contribution in [2.24, 2.45) is 5.92 Å². The van der Waals surface area contributed by atoms with Crippen LogP contribution in [-0.4, -0.2) is 41.4 Å². The molecule has 1 aromatic rings. The molecule has 2 rings (SSSR count). The van der Waals surface area contributed by atoms with E-state index in [2.05, 4.69) is 15.9 Å². The van der Waals surface area contributed by atoms with Crippen LogP contribution in [0.25, 0.3) is 0 Å². The summed E-state index contributed by atoms with van der Waals surface area (Å²) >= 11 is 3.38. The van der Waals surface area contributed by atoms with Gasteiger partial charge in [0.1, 0.15) is 0 Å². The van der Waals surface area contributed by atoms with E-state index in [0.29, 0.717) is 19.0 Å². The number of rotatable bonds is 6. The van der Waals surface area contributed by atoms with Crippen LogP contribution in [0.5, 0.6) is 0 Å². The van der Waals surface area contributed by atoms with E-state index in [0.717, 1.165) is 22.9 Å². The lowest BCUT2D eigenvalue weighted by atomic mass is 10.1. The van der Waals surface area contributed by atoms with Crippen LogP contribution in [0, 0.1) is 5.92 Å². The molecule has 0 aliphatic heterocycles. The summed E-state index contributed by atoms with van der Waals surface area (Å²) in [5.74, 6) is 0.484. The Kier molecular flexibility index (Phi) is 4.78. The van der Waals surface area contributed by atoms with Crippen LogP contribution in [0.4, 0.5) is 0 Å². The SMILES string of the molecule is CN(CC(O)c1ccc(Br)cc1)CC(O)C1CC1. The molecular formula is C14H20BrNO2. The van der Waals surface area contributed by atoms with Crippen molar-refractivity contribution >= 4 is 15.9 Å². The summed E-state index contributed by atoms with van der Waals surface area (Å²) in [6.07, 6.45) is 1.54. The van der Waals surface area contributed by atoms with Crippen molar-refractivity contribution in [3.05, 3.63) is 34.3 Å². The summed E-state index contributed by atoms with van der Waals surface area (Å²) in [6, 6.07) is 7.69. The Labute approximate surface area is 117 Å². The second-order valence-electron chi connectivity index (χ2n) is 5.19. The van der Waals surface area contributed by atoms with Crippen molar-refractivity contribution in [3.63, 3.8) is 0 Å². The minimum Gasteiger partial charge on any atom is -0.392 e. The molecule has 0 heterocycles. The zero-order valence-electron chi connectivity index (χ0n) is 10.6. The number of halogens is 1. The second-order valence-corrected chi connectivity index (χ2v) is 6.11. The van der Waals surface area contributed by atoms with E-state index in [1.807, 2.05) is 36.2 Å². The van der Waals surface area contributed by atoms with E-state index in [1.165, 1.54) is 0 Å². The average molecular weight is 314 g/mol. The van der Waals surface area contributed by atoms with Crippen molar-refractivity contribution < 1.29 is 10.2 Å². The molecule has 2 N–H and O–H groups in total. The first-order valence-electron chi connectivity index (χ1n) is 6.36. The molecule has 0 radical (unpaired) electrons. The van der Waals surface area contributed by atoms with E-state index < -0.39 is 6.10 Å². The number of hydrogen-bond donors (Lipinski definition) is 2. The van der Waals surface area contributed by atoms with Gasteiger partial charge in [-0.3, -0.25) is 0 Å². The smallest absolute Gasteiger partial charge is 0.0916 e. The van der Waals surface area contributed by atoms with Gasteiger partial charge in [-0.15, -0.1) is 0 Å². The summed E-state index contributed by atoms with van der Waals surface area (Å²) in [7, 11) is 1.94. The van der Waals surface area contributed by atoms with Crippen LogP contribution in [0.1, 0.15) is 24.5 Å². The Morgan fingerprint density at radius 1 is 1.22 bits per heavy atom. The molecule has 18 heavy (non-hydrogen) atoms. The van der Waals surface area contributed by atoms with Gasteiger partial charge in [0.15, 0.2) is 0 Å². The molecule has 1 aromatic carbocycles. The number of hydrogen-bond acceptors (Lipinski definition) is 3. The third-order valence-electron chi connectivity index (χ3n) is 3.40. The Morgan fingerprint density at radius 3 is 2.39 bits per heavy atom. The fourth-order valence-electron chi connectivity index (χ4n) is 2.11. The van der Waals surface area contributed by atoms with Gasteiger partial charge in [0, 0.05) is 17.6 Å². The summed E-state index contributed by atoms with van der Waals surface area (Å²) in [5.41, 5.74) is 0.908. The molecule has 4 heteroatoms. The topological polar surface area (TPSA) is 43.7 Å². The van der Waals surface area contributed by atoms with Gasteiger partial charge in [-0.05, 0) is 43.5 Å². The molecular weight excluding hydrogens is 294 g/mol. The molecule has 0 spiro atoms. The quantitative estimate of drug-likeness (QED) is 0.846. The first-order valence-corrected chi connectivity index (χ1v) is 7.15. The predicted octanol–water partition coefficient (Wildman–Crippen LogP) is 2.19. The van der Waals surface area contributed by atoms with Crippen molar-refractivity contribution in [2.75, 3.05) is 20.1 Å². The van der Waals surface area contributed by atoms with Crippen LogP contribution in [0.2, 0.25) is 0 Å². The van der Waals surface area contributed by atoms with Gasteiger partial charge in [0.2, 0.25) is 0 Å². The first-order chi connectivity index (χ1) is 8.56. The Hall–Kier alpha value is -0.420. The molecule has 0 saturated heterocycles. The molecule has 1 aliphatic rings. The van der Waals surface area contributed by atoms with E-state index >= 15 is 0 Å². The average Bonchev–Trinajstić information content (AvgIpc) is 3.13. The van der Waals surface area contributed by atoms with Crippen molar-refractivity contribution in [1.82, 2.24) is 4.90 Å². The van der Waals surface area contributed by atoms with Crippen LogP contribution in [0.15, 0.2) is 28.7 Å². The maximum Gasteiger partial charge on any atom is 0.0916 e. The highest BCUT2D eigenvalue weighted by molar-refractivity contribution is 9.10. The van der Waals surface area contributed by atoms with E-state index in [1.54, 1.807) is 0 Å². The standard InChI is InChI=1S/C14H20BrNO2/c1-16(8-13(17)10-2-3-10)9-14(18)11-4-6-12(15)7-5-11/h4-7,10,13-14,17-18H,2-3,8-9H2,1H3. The zero-order chi connectivity index (χ0) is 13.1. The summed E-state index contributed by atoms with van der Waals surface area (Å²) in [4.78, 5) is 2.00. The Morgan fingerprint density at radius 2 is 1.83 bits per heavy atom. The zero-order valence-corrected chi connectivity index (χ0v) is 12.2. The first kappa shape index (κ1) is 14.0. The monoisotopic (exact) mass is 313 g/mol. The lowest BCUT2D eigenvalue weighted by molar-refractivity contribution is 0.0733. The van der Waals surface area contributed by atoms with Gasteiger partial charge in [-0.1, -0.05) is 28.1 Å². The molecule has 100 valence electrons. The number of benzene rings is 1. The number of aliphatic hydroxyl groups excluding tert-OH is 2. The van der Waals surface area contributed by atoms with Crippen LogP contribution < -0.4 is 0 Å². The van der Waals surface area contributed by atoms with Crippen molar-refractivity contribution in [2.45, 2.75) is 25.0 Å². The fourth-order valence-corrected chi connectivity index (χ4v) is 2.37. The number of aliphatic hydroxyl groups is 2. The van der Waals surface area contributed by atoms with Crippen LogP contribution >= 0.6 is 15.9 Å². The molecule has 0 bridgehead atoms. The molecule has 1 aliphatic carbocycles. The lowest BCUT2D eigenvalue weighted by Gasteiger charge is -2.23. The minimum absolute atomic E-state index is 0.243. The lowest BCUT2D eigenvalue weighted by Crippen LogP contribution is -2.33. The Bertz CT molecular complexity index is 378. The van der Waals surface area contributed by atoms with Crippen LogP contribution in [0.3, 0.4) is 0 Å². The number of likely N-dealkylation sites (N-methyl/N-ethyl adjacent to an activating group) is 1. The number of nitrogens with zero attached hydrogens (tertiary/aromatic N) is 1. The molecule has 1 saturated carbocycles. The molecule has 3 nitrogen and oxygen atoms in total. The molecule has 0 amide bonds. The van der Waals surface area contributed by atoms with E-state index in [-0.39, 0.29) is 6.10 Å². The molecule has 1 fully saturated rings. The normalized spacial score (nSPS) is 18.9. The largest absolute Gasteiger partial charge is 0.392 e. The van der Waals surface area contributed by atoms with E-state index in [4.69, 9.17) is 0 Å². The molecule has 0 aromatic heterocycles. The van der Waals surface area contributed by atoms with Crippen molar-refractivity contribution in [3.8, 4) is 0 Å². The van der Waals surface area contributed by atoms with Crippen LogP contribution in [-0.2, 0) is 0 Å². The van der Waals surface area contributed by atoms with Gasteiger partial charge in [-0.25, -0.2) is 0 Å². The predicted molar refractivity (Wildman–Crippen MR) is 75.3 cm³/mol. The van der Waals surface area contributed by atoms with Gasteiger partial charge >= 0.3 is 0 Å². The van der Waals surface area contributed by atoms with Gasteiger partial charge in [0.25, 0.3) is 0 Å². The highest BCUT2D eigenvalue weighted by atomic mass is 79.9. The highest BCUT2D eigenvalue weighted by Gasteiger charge is 2.30. The molecule has 2 unspecified atom stereocenters. The fraction of sp³-hybridized carbons (Fsp3) is 0.571. The Balaban J connectivity index is 1.82. The molecule has 2 atom stereocenters. The summed E-state index contributed by atoms with van der Waals surface area (Å²) in [6.45, 7) is 1.18. The minimum atomic E-state index is -0.505. The maximum atomic E-state index is 10.1. The maximum absolute atomic E-state index is 10.1. The third kappa shape index (κ3) is 4.05. The second kappa shape index (κ2) is 6.15. The summed E-state index contributed by atoms with van der Waals surface area (Å²) in [5, 5.41) is 20.0. The third-order valence-corrected chi connectivity index (χ3v) is 3.93. The van der Waals surface area contributed by atoms with Gasteiger partial charge in [0.05, 0.1) is 12.2 Å². The summed E-state index contributed by atoms with van der Waals surface area (Å²) < 4.78 is 1.01. The van der Waals surface area contributed by atoms with E-state index in [9.17, 15) is 10.2 Å².